The van der Waals surface area contributed by atoms with E-state index in [0.717, 1.165) is 5.56 Å². The summed E-state index contributed by atoms with van der Waals surface area (Å²) in [6.45, 7) is 0.229. The molecular weight excluding hydrogens is 310 g/mol. The Hall–Kier alpha value is -1.84. The molecule has 9 heteroatoms. The summed E-state index contributed by atoms with van der Waals surface area (Å²) in [5, 5.41) is 4.01. The summed E-state index contributed by atoms with van der Waals surface area (Å²) in [4.78, 5) is 4.17. The van der Waals surface area contributed by atoms with Gasteiger partial charge < -0.3 is 5.73 Å². The lowest BCUT2D eigenvalue weighted by Crippen LogP contribution is -2.26. The van der Waals surface area contributed by atoms with Crippen LogP contribution < -0.4 is 5.73 Å². The summed E-state index contributed by atoms with van der Waals surface area (Å²) in [6, 6.07) is 2.93. The minimum atomic E-state index is -3.62. The molecule has 0 atom stereocenters. The number of thiocarbonyl (C=S) groups is 1. The number of nitrogens with zero attached hydrogens (tertiary/aromatic N) is 4. The van der Waals surface area contributed by atoms with E-state index in [9.17, 15) is 8.42 Å². The molecule has 21 heavy (non-hydrogen) atoms. The van der Waals surface area contributed by atoms with E-state index in [2.05, 4.69) is 10.1 Å². The van der Waals surface area contributed by atoms with Crippen molar-refractivity contribution < 1.29 is 8.42 Å². The van der Waals surface area contributed by atoms with Gasteiger partial charge >= 0.3 is 0 Å². The molecule has 0 unspecified atom stereocenters. The molecule has 0 aliphatic heterocycles. The molecule has 0 aromatic carbocycles. The molecule has 112 valence electrons. The molecule has 7 nitrogen and oxygen atoms in total. The molecule has 0 aliphatic rings. The van der Waals surface area contributed by atoms with Gasteiger partial charge in [-0.05, 0) is 12.1 Å². The van der Waals surface area contributed by atoms with Gasteiger partial charge in [-0.2, -0.15) is 9.40 Å². The van der Waals surface area contributed by atoms with Crippen LogP contribution in [0.2, 0.25) is 0 Å². The molecule has 0 amide bonds. The maximum Gasteiger partial charge on any atom is 0.244 e. The quantitative estimate of drug-likeness (QED) is 0.793. The summed E-state index contributed by atoms with van der Waals surface area (Å²) in [7, 11) is -0.343. The van der Waals surface area contributed by atoms with Crippen molar-refractivity contribution in [3.8, 4) is 0 Å². The van der Waals surface area contributed by atoms with Crippen LogP contribution in [0.25, 0.3) is 0 Å². The monoisotopic (exact) mass is 325 g/mol. The topological polar surface area (TPSA) is 94.1 Å². The number of rotatable bonds is 5. The first kappa shape index (κ1) is 15.5. The fourth-order valence-electron chi connectivity index (χ4n) is 1.75. The maximum atomic E-state index is 12.4. The number of hydrogen-bond donors (Lipinski definition) is 1. The van der Waals surface area contributed by atoms with E-state index in [1.54, 1.807) is 24.1 Å². The van der Waals surface area contributed by atoms with Gasteiger partial charge in [0.25, 0.3) is 0 Å². The van der Waals surface area contributed by atoms with Gasteiger partial charge in [-0.25, -0.2) is 8.42 Å². The SMILES string of the molecule is CN(Cc1cnn(C)c1)S(=O)(=O)c1ccc(C(N)=S)nc1. The zero-order chi connectivity index (χ0) is 15.6. The molecule has 0 fully saturated rings. The highest BCUT2D eigenvalue weighted by Crippen LogP contribution is 2.16. The van der Waals surface area contributed by atoms with Gasteiger partial charge in [-0.1, -0.05) is 12.2 Å². The van der Waals surface area contributed by atoms with Gasteiger partial charge in [-0.3, -0.25) is 9.67 Å². The Morgan fingerprint density at radius 3 is 2.62 bits per heavy atom. The smallest absolute Gasteiger partial charge is 0.244 e. The highest BCUT2D eigenvalue weighted by molar-refractivity contribution is 7.89. The van der Waals surface area contributed by atoms with Crippen molar-refractivity contribution in [2.75, 3.05) is 7.05 Å². The number of aryl methyl sites for hydroxylation is 1. The second-order valence-electron chi connectivity index (χ2n) is 4.53. The predicted octanol–water partition coefficient (Wildman–Crippen LogP) is 0.270. The number of aromatic nitrogens is 3. The molecule has 2 N–H and O–H groups in total. The van der Waals surface area contributed by atoms with Crippen molar-refractivity contribution >= 4 is 27.2 Å². The third-order valence-electron chi connectivity index (χ3n) is 2.86. The van der Waals surface area contributed by atoms with Crippen molar-refractivity contribution in [1.29, 1.82) is 0 Å². The van der Waals surface area contributed by atoms with Gasteiger partial charge in [-0.15, -0.1) is 0 Å². The zero-order valence-electron chi connectivity index (χ0n) is 11.6. The van der Waals surface area contributed by atoms with Gasteiger partial charge in [0.15, 0.2) is 0 Å². The number of sulfonamides is 1. The van der Waals surface area contributed by atoms with Gasteiger partial charge in [0.1, 0.15) is 9.88 Å². The second kappa shape index (κ2) is 5.88. The van der Waals surface area contributed by atoms with Crippen molar-refractivity contribution in [1.82, 2.24) is 19.1 Å². The summed E-state index contributed by atoms with van der Waals surface area (Å²) >= 11 is 4.79. The maximum absolute atomic E-state index is 12.4. The lowest BCUT2D eigenvalue weighted by Gasteiger charge is -2.16. The largest absolute Gasteiger partial charge is 0.388 e. The van der Waals surface area contributed by atoms with Crippen LogP contribution in [-0.4, -0.2) is 39.5 Å². The Bertz CT molecular complexity index is 752. The van der Waals surface area contributed by atoms with E-state index in [0.29, 0.717) is 5.69 Å². The third kappa shape index (κ3) is 3.43. The third-order valence-corrected chi connectivity index (χ3v) is 4.86. The fourth-order valence-corrected chi connectivity index (χ4v) is 2.98. The van der Waals surface area contributed by atoms with Crippen LogP contribution in [0, 0.1) is 0 Å². The second-order valence-corrected chi connectivity index (χ2v) is 7.01. The average Bonchev–Trinajstić information content (AvgIpc) is 2.84. The summed E-state index contributed by atoms with van der Waals surface area (Å²) in [5.74, 6) is 0. The Labute approximate surface area is 128 Å². The van der Waals surface area contributed by atoms with Crippen LogP contribution in [0.5, 0.6) is 0 Å². The predicted molar refractivity (Wildman–Crippen MR) is 82.0 cm³/mol. The number of hydrogen-bond acceptors (Lipinski definition) is 5. The Morgan fingerprint density at radius 1 is 1.43 bits per heavy atom. The van der Waals surface area contributed by atoms with Gasteiger partial charge in [0, 0.05) is 38.6 Å². The van der Waals surface area contributed by atoms with Crippen LogP contribution in [0.1, 0.15) is 11.3 Å². The highest BCUT2D eigenvalue weighted by atomic mass is 32.2. The normalized spacial score (nSPS) is 11.8. The zero-order valence-corrected chi connectivity index (χ0v) is 13.2. The fraction of sp³-hybridized carbons (Fsp3) is 0.250. The molecule has 2 rings (SSSR count). The van der Waals surface area contributed by atoms with Crippen molar-refractivity contribution in [3.63, 3.8) is 0 Å². The van der Waals surface area contributed by atoms with Crippen LogP contribution >= 0.6 is 12.2 Å². The summed E-state index contributed by atoms with van der Waals surface area (Å²) in [5.41, 5.74) is 6.63. The van der Waals surface area contributed by atoms with Gasteiger partial charge in [0.2, 0.25) is 10.0 Å². The Kier molecular flexibility index (Phi) is 4.35. The van der Waals surface area contributed by atoms with Crippen molar-refractivity contribution in [2.45, 2.75) is 11.4 Å². The summed E-state index contributed by atoms with van der Waals surface area (Å²) < 4.78 is 27.7. The van der Waals surface area contributed by atoms with Crippen molar-refractivity contribution in [2.24, 2.45) is 12.8 Å². The number of nitrogens with two attached hydrogens (primary N) is 1. The van der Waals surface area contributed by atoms with Crippen LogP contribution in [-0.2, 0) is 23.6 Å². The van der Waals surface area contributed by atoms with Crippen LogP contribution in [0.15, 0.2) is 35.6 Å². The van der Waals surface area contributed by atoms with Crippen LogP contribution in [0.4, 0.5) is 0 Å². The minimum absolute atomic E-state index is 0.0916. The first-order valence-electron chi connectivity index (χ1n) is 6.00. The lowest BCUT2D eigenvalue weighted by atomic mass is 10.3. The molecule has 0 spiro atoms. The first-order valence-corrected chi connectivity index (χ1v) is 7.85. The molecule has 0 bridgehead atoms. The van der Waals surface area contributed by atoms with Crippen LogP contribution in [0.3, 0.4) is 0 Å². The molecule has 0 saturated carbocycles. The Balaban J connectivity index is 2.22. The molecular formula is C12H15N5O2S2. The number of pyridine rings is 1. The van der Waals surface area contributed by atoms with E-state index in [1.165, 1.54) is 29.7 Å². The molecule has 0 aliphatic carbocycles. The highest BCUT2D eigenvalue weighted by Gasteiger charge is 2.21. The average molecular weight is 325 g/mol. The molecule has 2 aromatic heterocycles. The molecule has 0 saturated heterocycles. The standard InChI is InChI=1S/C12H15N5O2S2/c1-16-7-9(5-15-16)8-17(2)21(18,19)10-3-4-11(12(13)20)14-6-10/h3-7H,8H2,1-2H3,(H2,13,20). The first-order chi connectivity index (χ1) is 9.80. The molecule has 2 heterocycles. The minimum Gasteiger partial charge on any atom is -0.388 e. The Morgan fingerprint density at radius 2 is 2.14 bits per heavy atom. The molecule has 2 aromatic rings. The van der Waals surface area contributed by atoms with E-state index >= 15 is 0 Å². The van der Waals surface area contributed by atoms with E-state index in [-0.39, 0.29) is 16.4 Å². The molecule has 0 radical (unpaired) electrons. The summed E-state index contributed by atoms with van der Waals surface area (Å²) in [6.07, 6.45) is 4.64. The lowest BCUT2D eigenvalue weighted by molar-refractivity contribution is 0.466. The van der Waals surface area contributed by atoms with Gasteiger partial charge in [0.05, 0.1) is 11.9 Å². The van der Waals surface area contributed by atoms with E-state index in [4.69, 9.17) is 18.0 Å². The van der Waals surface area contributed by atoms with Crippen molar-refractivity contribution in [3.05, 3.63) is 42.0 Å². The van der Waals surface area contributed by atoms with E-state index < -0.39 is 10.0 Å². The van der Waals surface area contributed by atoms with E-state index in [1.807, 2.05) is 0 Å².